The largest absolute Gasteiger partial charge is 0.481 e. The molecule has 0 aromatic rings. The summed E-state index contributed by atoms with van der Waals surface area (Å²) >= 11 is 0. The first-order chi connectivity index (χ1) is 13.6. The van der Waals surface area contributed by atoms with E-state index in [0.29, 0.717) is 32.1 Å². The quantitative estimate of drug-likeness (QED) is 0.766. The maximum Gasteiger partial charge on any atom is 0.303 e. The van der Waals surface area contributed by atoms with Gasteiger partial charge in [-0.15, -0.1) is 0 Å². The fourth-order valence-corrected chi connectivity index (χ4v) is 7.94. The van der Waals surface area contributed by atoms with Crippen molar-refractivity contribution in [3.05, 3.63) is 0 Å². The van der Waals surface area contributed by atoms with E-state index in [0.717, 1.165) is 19.3 Å². The summed E-state index contributed by atoms with van der Waals surface area (Å²) in [7, 11) is 0. The third-order valence-electron chi connectivity index (χ3n) is 9.72. The van der Waals surface area contributed by atoms with Crippen molar-refractivity contribution in [2.24, 2.45) is 46.3 Å². The van der Waals surface area contributed by atoms with Crippen molar-refractivity contribution >= 4 is 23.3 Å². The van der Waals surface area contributed by atoms with Gasteiger partial charge in [-0.05, 0) is 60.7 Å². The number of carboxylic acid groups (broad SMARTS) is 1. The molecule has 0 amide bonds. The van der Waals surface area contributed by atoms with Gasteiger partial charge in [0.1, 0.15) is 17.3 Å². The summed E-state index contributed by atoms with van der Waals surface area (Å²) in [5, 5.41) is 9.06. The molecule has 29 heavy (non-hydrogen) atoms. The van der Waals surface area contributed by atoms with Gasteiger partial charge in [0.25, 0.3) is 0 Å². The van der Waals surface area contributed by atoms with Gasteiger partial charge >= 0.3 is 5.97 Å². The molecule has 0 aliphatic heterocycles. The molecule has 4 aliphatic rings. The molecule has 4 rings (SSSR count). The fourth-order valence-electron chi connectivity index (χ4n) is 7.94. The van der Waals surface area contributed by atoms with E-state index in [9.17, 15) is 19.2 Å². The van der Waals surface area contributed by atoms with Crippen molar-refractivity contribution in [3.8, 4) is 0 Å². The highest BCUT2D eigenvalue weighted by Crippen LogP contribution is 2.66. The summed E-state index contributed by atoms with van der Waals surface area (Å²) in [5.74, 6) is 0.524. The van der Waals surface area contributed by atoms with Crippen LogP contribution >= 0.6 is 0 Å². The lowest BCUT2D eigenvalue weighted by molar-refractivity contribution is -0.166. The highest BCUT2D eigenvalue weighted by Gasteiger charge is 2.66. The lowest BCUT2D eigenvalue weighted by Crippen LogP contribution is -2.60. The van der Waals surface area contributed by atoms with Crippen LogP contribution in [-0.2, 0) is 19.2 Å². The Bertz CT molecular complexity index is 756. The molecule has 0 saturated heterocycles. The number of hydrogen-bond donors (Lipinski definition) is 1. The van der Waals surface area contributed by atoms with Crippen LogP contribution in [0.1, 0.15) is 78.6 Å². The Kier molecular flexibility index (Phi) is 5.02. The Morgan fingerprint density at radius 2 is 1.83 bits per heavy atom. The average molecular weight is 403 g/mol. The third kappa shape index (κ3) is 3.02. The van der Waals surface area contributed by atoms with Gasteiger partial charge in [0, 0.05) is 43.4 Å². The molecule has 5 heteroatoms. The predicted octanol–water partition coefficient (Wildman–Crippen LogP) is 4.07. The Morgan fingerprint density at radius 3 is 2.52 bits per heavy atom. The lowest BCUT2D eigenvalue weighted by Gasteiger charge is -2.58. The number of Topliss-reactive ketones (excluding diaryl/α,β-unsaturated/α-hetero) is 3. The van der Waals surface area contributed by atoms with E-state index in [2.05, 4.69) is 20.8 Å². The van der Waals surface area contributed by atoms with Gasteiger partial charge in [-0.25, -0.2) is 0 Å². The van der Waals surface area contributed by atoms with E-state index in [4.69, 9.17) is 5.11 Å². The van der Waals surface area contributed by atoms with Crippen LogP contribution in [0.3, 0.4) is 0 Å². The third-order valence-corrected chi connectivity index (χ3v) is 9.72. The van der Waals surface area contributed by atoms with Gasteiger partial charge < -0.3 is 5.11 Å². The van der Waals surface area contributed by atoms with Crippen LogP contribution in [0.2, 0.25) is 0 Å². The van der Waals surface area contributed by atoms with Crippen molar-refractivity contribution < 1.29 is 24.3 Å². The second-order valence-electron chi connectivity index (χ2n) is 10.9. The van der Waals surface area contributed by atoms with Gasteiger partial charge in [-0.3, -0.25) is 19.2 Å². The monoisotopic (exact) mass is 402 g/mol. The Balaban J connectivity index is 1.63. The molecule has 4 saturated carbocycles. The highest BCUT2D eigenvalue weighted by atomic mass is 16.4. The summed E-state index contributed by atoms with van der Waals surface area (Å²) in [6, 6.07) is 0. The lowest BCUT2D eigenvalue weighted by atomic mass is 9.44. The molecule has 0 bridgehead atoms. The smallest absolute Gasteiger partial charge is 0.303 e. The van der Waals surface area contributed by atoms with Gasteiger partial charge in [0.05, 0.1) is 0 Å². The average Bonchev–Trinajstić information content (AvgIpc) is 3.01. The molecule has 4 fully saturated rings. The molecule has 8 atom stereocenters. The zero-order valence-corrected chi connectivity index (χ0v) is 17.9. The fraction of sp³-hybridized carbons (Fsp3) is 0.833. The van der Waals surface area contributed by atoms with Gasteiger partial charge in [0.15, 0.2) is 0 Å². The predicted molar refractivity (Wildman–Crippen MR) is 107 cm³/mol. The zero-order chi connectivity index (χ0) is 21.1. The number of carbonyl (C=O) groups excluding carboxylic acids is 3. The van der Waals surface area contributed by atoms with Crippen molar-refractivity contribution in [1.82, 2.24) is 0 Å². The summed E-state index contributed by atoms with van der Waals surface area (Å²) in [5.41, 5.74) is -0.598. The van der Waals surface area contributed by atoms with Crippen LogP contribution in [0.5, 0.6) is 0 Å². The van der Waals surface area contributed by atoms with Crippen LogP contribution in [0, 0.1) is 46.3 Å². The first kappa shape index (κ1) is 20.7. The van der Waals surface area contributed by atoms with Crippen molar-refractivity contribution in [2.45, 2.75) is 78.6 Å². The molecule has 0 heterocycles. The van der Waals surface area contributed by atoms with E-state index < -0.39 is 11.4 Å². The molecule has 4 aliphatic carbocycles. The Labute approximate surface area is 173 Å². The summed E-state index contributed by atoms with van der Waals surface area (Å²) in [6.07, 6.45) is 5.33. The topological polar surface area (TPSA) is 88.5 Å². The minimum Gasteiger partial charge on any atom is -0.481 e. The molecular weight excluding hydrogens is 368 g/mol. The second kappa shape index (κ2) is 7.02. The second-order valence-corrected chi connectivity index (χ2v) is 10.9. The number of carbonyl (C=O) groups is 4. The van der Waals surface area contributed by atoms with E-state index in [-0.39, 0.29) is 64.7 Å². The molecule has 0 aromatic carbocycles. The van der Waals surface area contributed by atoms with Crippen molar-refractivity contribution in [1.29, 1.82) is 0 Å². The maximum atomic E-state index is 13.6. The number of hydrogen-bond acceptors (Lipinski definition) is 4. The first-order valence-electron chi connectivity index (χ1n) is 11.4. The van der Waals surface area contributed by atoms with Crippen LogP contribution < -0.4 is 0 Å². The van der Waals surface area contributed by atoms with Gasteiger partial charge in [0.2, 0.25) is 0 Å². The number of ketones is 3. The van der Waals surface area contributed by atoms with Crippen LogP contribution in [0.4, 0.5) is 0 Å². The SMILES string of the molecule is C[C@H](CCC(=O)O)[C@H]1CC[C@@H]2[C@H]3C(=O)C[C@H]4CC(=O)CC[C@]4(C)[C@@H]3CC(=O)[C@@]21C. The standard InChI is InChI=1S/C24H34O5/c1-13(4-7-21(28)29)16-5-6-17-22-18(12-20(27)24(16,17)3)23(2)9-8-15(25)10-14(23)11-19(22)26/h13-14,16-18,22H,4-12H2,1-3H3,(H,28,29)/t13-,14-,16-,17-,18-,22-,23+,24-/m1/s1. The van der Waals surface area contributed by atoms with Gasteiger partial charge in [-0.2, -0.15) is 0 Å². The first-order valence-corrected chi connectivity index (χ1v) is 11.4. The maximum absolute atomic E-state index is 13.6. The minimum absolute atomic E-state index is 0.0659. The number of carboxylic acids is 1. The molecule has 160 valence electrons. The summed E-state index contributed by atoms with van der Waals surface area (Å²) in [4.78, 5) is 50.0. The normalized spacial score (nSPS) is 45.3. The molecule has 1 N–H and O–H groups in total. The van der Waals surface area contributed by atoms with E-state index >= 15 is 0 Å². The Hall–Kier alpha value is -1.52. The molecule has 0 radical (unpaired) electrons. The highest BCUT2D eigenvalue weighted by molar-refractivity contribution is 5.93. The molecule has 5 nitrogen and oxygen atoms in total. The summed E-state index contributed by atoms with van der Waals surface area (Å²) in [6.45, 7) is 6.37. The molecule has 0 spiro atoms. The van der Waals surface area contributed by atoms with E-state index in [1.54, 1.807) is 0 Å². The minimum atomic E-state index is -0.792. The van der Waals surface area contributed by atoms with Crippen molar-refractivity contribution in [3.63, 3.8) is 0 Å². The number of aliphatic carboxylic acids is 1. The van der Waals surface area contributed by atoms with E-state index in [1.807, 2.05) is 0 Å². The van der Waals surface area contributed by atoms with Gasteiger partial charge in [-0.1, -0.05) is 20.8 Å². The van der Waals surface area contributed by atoms with Crippen LogP contribution in [0.25, 0.3) is 0 Å². The number of rotatable bonds is 4. The molecule has 0 unspecified atom stereocenters. The summed E-state index contributed by atoms with van der Waals surface area (Å²) < 4.78 is 0. The molecular formula is C24H34O5. The van der Waals surface area contributed by atoms with E-state index in [1.165, 1.54) is 0 Å². The zero-order valence-electron chi connectivity index (χ0n) is 17.9. The van der Waals surface area contributed by atoms with Crippen LogP contribution in [-0.4, -0.2) is 28.4 Å². The number of fused-ring (bicyclic) bond motifs is 5. The van der Waals surface area contributed by atoms with Crippen molar-refractivity contribution in [2.75, 3.05) is 0 Å². The van der Waals surface area contributed by atoms with Crippen LogP contribution in [0.15, 0.2) is 0 Å². The Morgan fingerprint density at radius 1 is 1.10 bits per heavy atom. The molecule has 0 aromatic heterocycles.